The molecule has 0 aromatic heterocycles. The van der Waals surface area contributed by atoms with E-state index in [9.17, 15) is 72.5 Å². The molecule has 15 N–H and O–H groups in total. The van der Waals surface area contributed by atoms with Gasteiger partial charge in [-0.3, -0.25) is 57.5 Å². The molecule has 1 aliphatic rings. The summed E-state index contributed by atoms with van der Waals surface area (Å²) in [5.41, 5.74) is 5.56. The van der Waals surface area contributed by atoms with E-state index in [0.717, 1.165) is 20.8 Å². The maximum atomic E-state index is 13.4. The van der Waals surface area contributed by atoms with Crippen molar-refractivity contribution < 1.29 is 82.4 Å². The molecular formula is C35H55N11O17. The number of amides is 10. The first-order chi connectivity index (χ1) is 29.5. The van der Waals surface area contributed by atoms with Crippen LogP contribution in [0.1, 0.15) is 53.4 Å². The van der Waals surface area contributed by atoms with Crippen LogP contribution in [0, 0.1) is 5.92 Å². The predicted octanol–water partition coefficient (Wildman–Crippen LogP) is -8.34. The van der Waals surface area contributed by atoms with Crippen molar-refractivity contribution in [1.29, 1.82) is 0 Å². The molecule has 1 saturated heterocycles. The Hall–Kier alpha value is -6.97. The Balaban J connectivity index is 3.42. The van der Waals surface area contributed by atoms with E-state index in [1.165, 1.54) is 6.92 Å². The van der Waals surface area contributed by atoms with E-state index in [4.69, 9.17) is 15.6 Å². The summed E-state index contributed by atoms with van der Waals surface area (Å²) in [6.45, 7) is 0.418. The van der Waals surface area contributed by atoms with Crippen molar-refractivity contribution in [2.24, 2.45) is 11.7 Å². The number of carboxylic acids is 2. The van der Waals surface area contributed by atoms with Crippen molar-refractivity contribution in [2.75, 3.05) is 39.3 Å². The van der Waals surface area contributed by atoms with Gasteiger partial charge < -0.3 is 79.0 Å². The van der Waals surface area contributed by atoms with Gasteiger partial charge in [0.1, 0.15) is 42.4 Å². The highest BCUT2D eigenvalue weighted by Gasteiger charge is 2.34. The summed E-state index contributed by atoms with van der Waals surface area (Å²) in [7, 11) is 0. The Morgan fingerprint density at radius 1 is 0.651 bits per heavy atom. The van der Waals surface area contributed by atoms with Crippen LogP contribution in [-0.2, 0) is 67.1 Å². The standard InChI is InChI=1S/C35H55N11O17/c1-15(8-26(52)53)29(56)46-28-18(4)63-35(62)17(3)42-23(49)11-39-33(60)21(14-47)44-25(51)12-38-32(59)20(9-27(54)55)45-30(57)16(2)41-22(48)10-37-31(58)19(6-5-7-36)43-24(50)13-40-34(28)61/h15-21,28,47H,5-14,36H2,1-4H3,(H,37,58)(H,38,59)(H,39,60)(H,40,61)(H,41,48)(H,42,49)(H,43,50)(H,44,51)(H,45,57)(H,46,56)(H,52,53)(H,54,55)/t15-,16+,17-,18+,19-,20-,21+,28-/m0/s1. The van der Waals surface area contributed by atoms with Gasteiger partial charge in [0.05, 0.1) is 45.6 Å². The number of aliphatic hydroxyl groups excluding tert-OH is 1. The minimum Gasteiger partial charge on any atom is -0.481 e. The zero-order chi connectivity index (χ0) is 48.0. The van der Waals surface area contributed by atoms with Crippen molar-refractivity contribution >= 4 is 77.0 Å². The molecule has 63 heavy (non-hydrogen) atoms. The van der Waals surface area contributed by atoms with Gasteiger partial charge in [0.15, 0.2) is 0 Å². The van der Waals surface area contributed by atoms with Gasteiger partial charge in [0.2, 0.25) is 59.1 Å². The Bertz CT molecular complexity index is 1750. The molecule has 1 heterocycles. The molecule has 8 atom stereocenters. The molecule has 10 amide bonds. The molecule has 0 aromatic carbocycles. The molecule has 1 fully saturated rings. The van der Waals surface area contributed by atoms with E-state index in [0.29, 0.717) is 0 Å². The lowest BCUT2D eigenvalue weighted by Gasteiger charge is -2.27. The number of carbonyl (C=O) groups is 13. The molecule has 1 rings (SSSR count). The minimum atomic E-state index is -1.79. The predicted molar refractivity (Wildman–Crippen MR) is 210 cm³/mol. The second-order valence-corrected chi connectivity index (χ2v) is 14.1. The summed E-state index contributed by atoms with van der Waals surface area (Å²) in [6.07, 6.45) is -3.06. The van der Waals surface area contributed by atoms with E-state index in [2.05, 4.69) is 53.2 Å². The molecular weight excluding hydrogens is 846 g/mol. The van der Waals surface area contributed by atoms with Gasteiger partial charge in [-0.15, -0.1) is 0 Å². The van der Waals surface area contributed by atoms with Crippen LogP contribution in [0.15, 0.2) is 0 Å². The van der Waals surface area contributed by atoms with Crippen LogP contribution in [0.2, 0.25) is 0 Å². The number of hydrogen-bond donors (Lipinski definition) is 14. The number of nitrogens with one attached hydrogen (secondary N) is 10. The second-order valence-electron chi connectivity index (χ2n) is 14.1. The molecule has 352 valence electrons. The van der Waals surface area contributed by atoms with E-state index >= 15 is 0 Å². The van der Waals surface area contributed by atoms with Gasteiger partial charge in [-0.2, -0.15) is 0 Å². The van der Waals surface area contributed by atoms with Crippen molar-refractivity contribution in [1.82, 2.24) is 53.2 Å². The van der Waals surface area contributed by atoms with Gasteiger partial charge in [-0.05, 0) is 40.2 Å². The zero-order valence-corrected chi connectivity index (χ0v) is 34.8. The fourth-order valence-corrected chi connectivity index (χ4v) is 5.21. The number of nitrogens with two attached hydrogens (primary N) is 1. The Kier molecular flexibility index (Phi) is 23.2. The summed E-state index contributed by atoms with van der Waals surface area (Å²) >= 11 is 0. The first kappa shape index (κ1) is 54.0. The van der Waals surface area contributed by atoms with Crippen LogP contribution in [0.25, 0.3) is 0 Å². The SMILES string of the molecule is C[C@@H]1NC(=O)CNC(=O)[C@@H](CO)NC(=O)CNC(=O)[C@H](CC(=O)O)NC(=O)[C@@H](C)NC(=O)CNC(=O)[C@H](CCCN)NC(=O)CNC(=O)[C@@H](NC(=O)[C@@H](C)CC(=O)O)[C@@H](C)OC1=O. The molecule has 0 saturated carbocycles. The second kappa shape index (κ2) is 27.1. The van der Waals surface area contributed by atoms with E-state index in [1.807, 2.05) is 0 Å². The van der Waals surface area contributed by atoms with Crippen molar-refractivity contribution in [3.8, 4) is 0 Å². The van der Waals surface area contributed by atoms with Crippen LogP contribution < -0.4 is 58.9 Å². The van der Waals surface area contributed by atoms with E-state index in [1.54, 1.807) is 0 Å². The summed E-state index contributed by atoms with van der Waals surface area (Å²) in [6, 6.07) is -9.50. The highest BCUT2D eigenvalue weighted by atomic mass is 16.5. The molecule has 0 unspecified atom stereocenters. The van der Waals surface area contributed by atoms with Gasteiger partial charge >= 0.3 is 17.9 Å². The van der Waals surface area contributed by atoms with Crippen LogP contribution >= 0.6 is 0 Å². The quantitative estimate of drug-likeness (QED) is 0.0905. The first-order valence-electron chi connectivity index (χ1n) is 19.3. The maximum absolute atomic E-state index is 13.4. The average molecular weight is 902 g/mol. The third-order valence-corrected chi connectivity index (χ3v) is 8.67. The Morgan fingerprint density at radius 3 is 1.60 bits per heavy atom. The molecule has 0 bridgehead atoms. The Labute approximate surface area is 359 Å². The molecule has 28 heteroatoms. The number of esters is 1. The molecule has 0 spiro atoms. The highest BCUT2D eigenvalue weighted by molar-refractivity contribution is 5.98. The molecule has 28 nitrogen and oxygen atoms in total. The minimum absolute atomic E-state index is 0.0621. The van der Waals surface area contributed by atoms with Crippen molar-refractivity contribution in [3.63, 3.8) is 0 Å². The number of aliphatic hydroxyl groups is 1. The summed E-state index contributed by atoms with van der Waals surface area (Å²) in [5, 5.41) is 49.9. The smallest absolute Gasteiger partial charge is 0.328 e. The third kappa shape index (κ3) is 20.4. The fraction of sp³-hybridized carbons (Fsp3) is 0.629. The summed E-state index contributed by atoms with van der Waals surface area (Å²) < 4.78 is 5.29. The topological polar surface area (TPSA) is 438 Å². The number of hydrogen-bond acceptors (Lipinski definition) is 16. The van der Waals surface area contributed by atoms with E-state index < -0.39 is 171 Å². The monoisotopic (exact) mass is 901 g/mol. The number of rotatable bonds is 10. The lowest BCUT2D eigenvalue weighted by Crippen LogP contribution is -2.57. The van der Waals surface area contributed by atoms with Crippen molar-refractivity contribution in [2.45, 2.75) is 95.7 Å². The molecule has 0 aliphatic carbocycles. The number of carboxylic acid groups (broad SMARTS) is 2. The molecule has 0 radical (unpaired) electrons. The fourth-order valence-electron chi connectivity index (χ4n) is 5.21. The van der Waals surface area contributed by atoms with Gasteiger partial charge in [-0.25, -0.2) is 4.79 Å². The van der Waals surface area contributed by atoms with Crippen molar-refractivity contribution in [3.05, 3.63) is 0 Å². The Morgan fingerprint density at radius 2 is 1.11 bits per heavy atom. The summed E-state index contributed by atoms with van der Waals surface area (Å²) in [5.74, 6) is -15.6. The first-order valence-corrected chi connectivity index (χ1v) is 19.3. The summed E-state index contributed by atoms with van der Waals surface area (Å²) in [4.78, 5) is 164. The number of ether oxygens (including phenoxy) is 1. The van der Waals surface area contributed by atoms with Gasteiger partial charge in [0, 0.05) is 5.92 Å². The zero-order valence-electron chi connectivity index (χ0n) is 34.8. The molecule has 0 aromatic rings. The lowest BCUT2D eigenvalue weighted by molar-refractivity contribution is -0.155. The normalized spacial score (nSPS) is 25.5. The van der Waals surface area contributed by atoms with Crippen LogP contribution in [-0.4, -0.2) is 174 Å². The number of carbonyl (C=O) groups excluding carboxylic acids is 11. The number of aliphatic carboxylic acids is 2. The number of cyclic esters (lactones) is 1. The van der Waals surface area contributed by atoms with Crippen LogP contribution in [0.4, 0.5) is 0 Å². The lowest BCUT2D eigenvalue weighted by atomic mass is 10.1. The van der Waals surface area contributed by atoms with Crippen LogP contribution in [0.5, 0.6) is 0 Å². The van der Waals surface area contributed by atoms with E-state index in [-0.39, 0.29) is 19.4 Å². The van der Waals surface area contributed by atoms with Gasteiger partial charge in [0.25, 0.3) is 0 Å². The van der Waals surface area contributed by atoms with Gasteiger partial charge in [-0.1, -0.05) is 6.92 Å². The highest BCUT2D eigenvalue weighted by Crippen LogP contribution is 2.08. The van der Waals surface area contributed by atoms with Crippen LogP contribution in [0.3, 0.4) is 0 Å². The largest absolute Gasteiger partial charge is 0.481 e. The maximum Gasteiger partial charge on any atom is 0.328 e. The third-order valence-electron chi connectivity index (χ3n) is 8.67. The average Bonchev–Trinajstić information content (AvgIpc) is 3.21. The molecule has 1 aliphatic heterocycles.